The highest BCUT2D eigenvalue weighted by Gasteiger charge is 2.11. The van der Waals surface area contributed by atoms with Gasteiger partial charge in [-0.15, -0.1) is 10.2 Å². The number of rotatable bonds is 5. The molecule has 2 aromatic heterocycles. The van der Waals surface area contributed by atoms with Gasteiger partial charge in [0, 0.05) is 5.69 Å². The molecule has 0 aliphatic heterocycles. The van der Waals surface area contributed by atoms with E-state index in [1.165, 1.54) is 0 Å². The van der Waals surface area contributed by atoms with Crippen LogP contribution in [-0.4, -0.2) is 21.7 Å². The van der Waals surface area contributed by atoms with Gasteiger partial charge < -0.3 is 9.73 Å². The van der Waals surface area contributed by atoms with Gasteiger partial charge in [-0.25, -0.2) is 0 Å². The van der Waals surface area contributed by atoms with Gasteiger partial charge in [0.25, 0.3) is 0 Å². The van der Waals surface area contributed by atoms with Crippen molar-refractivity contribution in [3.8, 4) is 11.5 Å². The second kappa shape index (κ2) is 5.73. The van der Waals surface area contributed by atoms with Crippen molar-refractivity contribution in [2.45, 2.75) is 33.7 Å². The summed E-state index contributed by atoms with van der Waals surface area (Å²) in [7, 11) is 0. The molecule has 2 rings (SSSR count). The average Bonchev–Trinajstić information content (AvgIpc) is 2.78. The van der Waals surface area contributed by atoms with E-state index in [4.69, 9.17) is 4.42 Å². The number of nitrogens with one attached hydrogen (secondary N) is 1. The smallest absolute Gasteiger partial charge is 0.249 e. The Labute approximate surface area is 107 Å². The monoisotopic (exact) mass is 246 g/mol. The minimum absolute atomic E-state index is 0.535. The number of hydrogen-bond donors (Lipinski definition) is 1. The van der Waals surface area contributed by atoms with Gasteiger partial charge in [0.2, 0.25) is 11.8 Å². The molecule has 0 aliphatic carbocycles. The quantitative estimate of drug-likeness (QED) is 0.820. The highest BCUT2D eigenvalue weighted by Crippen LogP contribution is 2.20. The summed E-state index contributed by atoms with van der Waals surface area (Å²) in [5, 5.41) is 11.3. The third-order valence-corrected chi connectivity index (χ3v) is 2.63. The Morgan fingerprint density at radius 1 is 1.22 bits per heavy atom. The van der Waals surface area contributed by atoms with E-state index in [1.54, 1.807) is 0 Å². The predicted octanol–water partition coefficient (Wildman–Crippen LogP) is 2.25. The Morgan fingerprint density at radius 3 is 2.78 bits per heavy atom. The molecule has 0 atom stereocenters. The van der Waals surface area contributed by atoms with Crippen molar-refractivity contribution in [3.05, 3.63) is 29.4 Å². The van der Waals surface area contributed by atoms with Crippen LogP contribution in [-0.2, 0) is 6.54 Å². The van der Waals surface area contributed by atoms with Crippen molar-refractivity contribution in [3.63, 3.8) is 0 Å². The maximum Gasteiger partial charge on any atom is 0.249 e. The molecule has 18 heavy (non-hydrogen) atoms. The lowest BCUT2D eigenvalue weighted by Gasteiger charge is -2.01. The Morgan fingerprint density at radius 2 is 2.06 bits per heavy atom. The fraction of sp³-hybridized carbons (Fsp3) is 0.462. The lowest BCUT2D eigenvalue weighted by atomic mass is 10.2. The first-order valence-electron chi connectivity index (χ1n) is 6.18. The van der Waals surface area contributed by atoms with Gasteiger partial charge in [-0.05, 0) is 38.9 Å². The fourth-order valence-electron chi connectivity index (χ4n) is 1.72. The largest absolute Gasteiger partial charge is 0.419 e. The Kier molecular flexibility index (Phi) is 4.04. The summed E-state index contributed by atoms with van der Waals surface area (Å²) in [6.07, 6.45) is 1.09. The van der Waals surface area contributed by atoms with Crippen molar-refractivity contribution in [1.29, 1.82) is 0 Å². The summed E-state index contributed by atoms with van der Waals surface area (Å²) in [6, 6.07) is 3.91. The third kappa shape index (κ3) is 2.92. The minimum Gasteiger partial charge on any atom is -0.419 e. The summed E-state index contributed by atoms with van der Waals surface area (Å²) in [5.74, 6) is 1.15. The van der Waals surface area contributed by atoms with Gasteiger partial charge in [-0.1, -0.05) is 6.92 Å². The number of hydrogen-bond acceptors (Lipinski definition) is 5. The molecular formula is C13H18N4O. The number of aromatic nitrogens is 3. The molecule has 0 amide bonds. The van der Waals surface area contributed by atoms with Gasteiger partial charge in [-0.2, -0.15) is 0 Å². The summed E-state index contributed by atoms with van der Waals surface area (Å²) in [5.41, 5.74) is 2.79. The van der Waals surface area contributed by atoms with Crippen LogP contribution in [0.3, 0.4) is 0 Å². The van der Waals surface area contributed by atoms with Gasteiger partial charge >= 0.3 is 0 Å². The molecule has 0 unspecified atom stereocenters. The van der Waals surface area contributed by atoms with Crippen molar-refractivity contribution < 1.29 is 4.42 Å². The lowest BCUT2D eigenvalue weighted by Crippen LogP contribution is -2.13. The summed E-state index contributed by atoms with van der Waals surface area (Å²) < 4.78 is 5.61. The Bertz CT molecular complexity index is 521. The molecule has 1 N–H and O–H groups in total. The molecule has 0 bridgehead atoms. The normalized spacial score (nSPS) is 10.8. The predicted molar refractivity (Wildman–Crippen MR) is 69.0 cm³/mol. The SMILES string of the molecule is CCCNCc1nnc(-c2ccc(C)nc2C)o1. The van der Waals surface area contributed by atoms with Gasteiger partial charge in [0.1, 0.15) is 0 Å². The second-order valence-corrected chi connectivity index (χ2v) is 4.26. The van der Waals surface area contributed by atoms with E-state index in [-0.39, 0.29) is 0 Å². The molecule has 0 spiro atoms. The number of nitrogens with zero attached hydrogens (tertiary/aromatic N) is 3. The third-order valence-electron chi connectivity index (χ3n) is 2.63. The molecule has 0 aromatic carbocycles. The van der Waals surface area contributed by atoms with Gasteiger partial charge in [0.15, 0.2) is 0 Å². The van der Waals surface area contributed by atoms with Gasteiger partial charge in [-0.3, -0.25) is 4.98 Å². The van der Waals surface area contributed by atoms with Crippen LogP contribution in [0.2, 0.25) is 0 Å². The fourth-order valence-corrected chi connectivity index (χ4v) is 1.72. The maximum absolute atomic E-state index is 5.61. The average molecular weight is 246 g/mol. The zero-order valence-electron chi connectivity index (χ0n) is 11.0. The van der Waals surface area contributed by atoms with E-state index >= 15 is 0 Å². The zero-order valence-corrected chi connectivity index (χ0v) is 11.0. The van der Waals surface area contributed by atoms with Crippen LogP contribution in [0.5, 0.6) is 0 Å². The van der Waals surface area contributed by atoms with Crippen LogP contribution in [0.1, 0.15) is 30.6 Å². The van der Waals surface area contributed by atoms with Crippen LogP contribution in [0.25, 0.3) is 11.5 Å². The number of aryl methyl sites for hydroxylation is 2. The summed E-state index contributed by atoms with van der Waals surface area (Å²) in [6.45, 7) is 7.59. The summed E-state index contributed by atoms with van der Waals surface area (Å²) in [4.78, 5) is 4.39. The van der Waals surface area contributed by atoms with Crippen LogP contribution < -0.4 is 5.32 Å². The maximum atomic E-state index is 5.61. The molecule has 5 nitrogen and oxygen atoms in total. The zero-order chi connectivity index (χ0) is 13.0. The second-order valence-electron chi connectivity index (χ2n) is 4.26. The molecule has 2 heterocycles. The van der Waals surface area contributed by atoms with E-state index in [0.717, 1.165) is 29.9 Å². The molecule has 0 saturated heterocycles. The standard InChI is InChI=1S/C13H18N4O/c1-4-7-14-8-12-16-17-13(18-12)11-6-5-9(2)15-10(11)3/h5-6,14H,4,7-8H2,1-3H3. The Hall–Kier alpha value is -1.75. The highest BCUT2D eigenvalue weighted by atomic mass is 16.4. The molecule has 5 heteroatoms. The van der Waals surface area contributed by atoms with Gasteiger partial charge in [0.05, 0.1) is 17.8 Å². The molecule has 0 fully saturated rings. The molecule has 96 valence electrons. The first-order valence-corrected chi connectivity index (χ1v) is 6.18. The van der Waals surface area contributed by atoms with E-state index in [1.807, 2.05) is 26.0 Å². The van der Waals surface area contributed by atoms with Crippen molar-refractivity contribution in [2.24, 2.45) is 0 Å². The molecule has 0 saturated carbocycles. The van der Waals surface area contributed by atoms with E-state index in [2.05, 4.69) is 27.4 Å². The molecule has 2 aromatic rings. The van der Waals surface area contributed by atoms with Crippen LogP contribution in [0, 0.1) is 13.8 Å². The van der Waals surface area contributed by atoms with Crippen molar-refractivity contribution >= 4 is 0 Å². The van der Waals surface area contributed by atoms with E-state index in [0.29, 0.717) is 18.3 Å². The first-order chi connectivity index (χ1) is 8.70. The number of pyridine rings is 1. The summed E-state index contributed by atoms with van der Waals surface area (Å²) >= 11 is 0. The van der Waals surface area contributed by atoms with Crippen molar-refractivity contribution in [2.75, 3.05) is 6.54 Å². The molecule has 0 aliphatic rings. The first kappa shape index (κ1) is 12.7. The molecular weight excluding hydrogens is 228 g/mol. The van der Waals surface area contributed by atoms with Crippen molar-refractivity contribution in [1.82, 2.24) is 20.5 Å². The van der Waals surface area contributed by atoms with E-state index < -0.39 is 0 Å². The topological polar surface area (TPSA) is 63.8 Å². The van der Waals surface area contributed by atoms with E-state index in [9.17, 15) is 0 Å². The Balaban J connectivity index is 2.13. The van der Waals surface area contributed by atoms with Crippen LogP contribution in [0.4, 0.5) is 0 Å². The highest BCUT2D eigenvalue weighted by molar-refractivity contribution is 5.55. The molecule has 0 radical (unpaired) electrons. The van der Waals surface area contributed by atoms with Crippen LogP contribution >= 0.6 is 0 Å². The lowest BCUT2D eigenvalue weighted by molar-refractivity contribution is 0.477. The van der Waals surface area contributed by atoms with Crippen LogP contribution in [0.15, 0.2) is 16.5 Å². The minimum atomic E-state index is 0.535.